The van der Waals surface area contributed by atoms with Gasteiger partial charge >= 0.3 is 0 Å². The molecule has 1 amide bonds. The Bertz CT molecular complexity index is 431. The number of hydrogen-bond acceptors (Lipinski definition) is 2. The van der Waals surface area contributed by atoms with E-state index >= 15 is 0 Å². The van der Waals surface area contributed by atoms with Crippen LogP contribution in [0.2, 0.25) is 5.02 Å². The highest BCUT2D eigenvalue weighted by atomic mass is 79.9. The maximum Gasteiger partial charge on any atom is 0.241 e. The summed E-state index contributed by atoms with van der Waals surface area (Å²) in [5, 5.41) is 6.80. The van der Waals surface area contributed by atoms with Crippen molar-refractivity contribution in [3.63, 3.8) is 0 Å². The minimum absolute atomic E-state index is 0.0138. The molecule has 0 spiro atoms. The van der Waals surface area contributed by atoms with Crippen LogP contribution in [0.25, 0.3) is 0 Å². The number of carbonyl (C=O) groups excluding carboxylic acids is 1. The predicted molar refractivity (Wildman–Crippen MR) is 78.0 cm³/mol. The van der Waals surface area contributed by atoms with Crippen molar-refractivity contribution < 1.29 is 4.79 Å². The second kappa shape index (κ2) is 6.55. The fourth-order valence-electron chi connectivity index (χ4n) is 2.07. The molecule has 2 rings (SSSR count). The summed E-state index contributed by atoms with van der Waals surface area (Å²) in [6.07, 6.45) is 4.33. The number of benzene rings is 1. The molecule has 2 N–H and O–H groups in total. The summed E-state index contributed by atoms with van der Waals surface area (Å²) in [6, 6.07) is 5.27. The molecule has 5 heteroatoms. The number of carbonyl (C=O) groups is 1. The zero-order valence-corrected chi connectivity index (χ0v) is 12.4. The van der Waals surface area contributed by atoms with E-state index in [9.17, 15) is 4.79 Å². The normalized spacial score (nSPS) is 20.2. The van der Waals surface area contributed by atoms with Gasteiger partial charge in [-0.1, -0.05) is 24.4 Å². The maximum absolute atomic E-state index is 12.1. The molecule has 0 radical (unpaired) electrons. The van der Waals surface area contributed by atoms with Crippen LogP contribution in [0.15, 0.2) is 22.7 Å². The third-order valence-corrected chi connectivity index (χ3v) is 3.99. The van der Waals surface area contributed by atoms with Crippen LogP contribution in [-0.4, -0.2) is 18.5 Å². The van der Waals surface area contributed by atoms with Crippen molar-refractivity contribution in [3.05, 3.63) is 27.7 Å². The van der Waals surface area contributed by atoms with Crippen molar-refractivity contribution >= 4 is 39.1 Å². The van der Waals surface area contributed by atoms with Gasteiger partial charge in [0.25, 0.3) is 0 Å². The number of rotatable bonds is 2. The Morgan fingerprint density at radius 2 is 2.22 bits per heavy atom. The summed E-state index contributed by atoms with van der Waals surface area (Å²) >= 11 is 9.33. The van der Waals surface area contributed by atoms with Gasteiger partial charge < -0.3 is 10.6 Å². The van der Waals surface area contributed by atoms with Gasteiger partial charge in [0.2, 0.25) is 5.91 Å². The first-order valence-corrected chi connectivity index (χ1v) is 7.33. The zero-order chi connectivity index (χ0) is 13.0. The zero-order valence-electron chi connectivity index (χ0n) is 10.0. The maximum atomic E-state index is 12.1. The Kier molecular flexibility index (Phi) is 5.03. The number of anilines is 1. The highest BCUT2D eigenvalue weighted by molar-refractivity contribution is 9.10. The summed E-state index contributed by atoms with van der Waals surface area (Å²) in [4.78, 5) is 12.1. The Morgan fingerprint density at radius 1 is 1.39 bits per heavy atom. The van der Waals surface area contributed by atoms with E-state index in [0.29, 0.717) is 5.02 Å². The molecule has 1 heterocycles. The van der Waals surface area contributed by atoms with Gasteiger partial charge in [0.1, 0.15) is 0 Å². The van der Waals surface area contributed by atoms with Gasteiger partial charge in [-0.15, -0.1) is 0 Å². The summed E-state index contributed by atoms with van der Waals surface area (Å²) in [5.41, 5.74) is 0.721. The quantitative estimate of drug-likeness (QED) is 0.870. The molecule has 98 valence electrons. The molecule has 1 aromatic rings. The van der Waals surface area contributed by atoms with Crippen LogP contribution >= 0.6 is 27.5 Å². The van der Waals surface area contributed by atoms with Crippen molar-refractivity contribution in [2.75, 3.05) is 11.9 Å². The first-order chi connectivity index (χ1) is 8.66. The lowest BCUT2D eigenvalue weighted by Gasteiger charge is -2.16. The first-order valence-electron chi connectivity index (χ1n) is 6.16. The van der Waals surface area contributed by atoms with Crippen molar-refractivity contribution in [2.24, 2.45) is 0 Å². The molecular weight excluding hydrogens is 316 g/mol. The number of nitrogens with one attached hydrogen (secondary N) is 2. The molecule has 0 aliphatic carbocycles. The van der Waals surface area contributed by atoms with E-state index in [0.717, 1.165) is 36.0 Å². The van der Waals surface area contributed by atoms with Crippen molar-refractivity contribution in [3.8, 4) is 0 Å². The fraction of sp³-hybridized carbons (Fsp3) is 0.462. The Balaban J connectivity index is 2.03. The van der Waals surface area contributed by atoms with Gasteiger partial charge in [0, 0.05) is 9.50 Å². The van der Waals surface area contributed by atoms with Crippen LogP contribution in [0.4, 0.5) is 5.69 Å². The van der Waals surface area contributed by atoms with Gasteiger partial charge in [-0.05, 0) is 53.5 Å². The van der Waals surface area contributed by atoms with Crippen LogP contribution < -0.4 is 10.6 Å². The third kappa shape index (κ3) is 3.70. The Morgan fingerprint density at radius 3 is 3.06 bits per heavy atom. The van der Waals surface area contributed by atoms with E-state index in [2.05, 4.69) is 26.6 Å². The number of halogens is 2. The summed E-state index contributed by atoms with van der Waals surface area (Å²) in [5.74, 6) is 0.0138. The van der Waals surface area contributed by atoms with Gasteiger partial charge in [-0.3, -0.25) is 4.79 Å². The molecule has 1 atom stereocenters. The molecule has 0 saturated carbocycles. The van der Waals surface area contributed by atoms with E-state index in [1.807, 2.05) is 6.07 Å². The van der Waals surface area contributed by atoms with Crippen molar-refractivity contribution in [1.82, 2.24) is 5.32 Å². The number of amides is 1. The summed E-state index contributed by atoms with van der Waals surface area (Å²) in [6.45, 7) is 0.912. The standard InChI is InChI=1S/C13H16BrClN2O/c14-10-6-5-9(15)8-12(10)17-13(18)11-4-2-1-3-7-16-11/h5-6,8,11,16H,1-4,7H2,(H,17,18). The monoisotopic (exact) mass is 330 g/mol. The SMILES string of the molecule is O=C(Nc1cc(Cl)ccc1Br)C1CCCCCN1. The second-order valence-corrected chi connectivity index (χ2v) is 5.76. The van der Waals surface area contributed by atoms with Crippen molar-refractivity contribution in [1.29, 1.82) is 0 Å². The highest BCUT2D eigenvalue weighted by Gasteiger charge is 2.20. The molecule has 18 heavy (non-hydrogen) atoms. The molecule has 1 aliphatic rings. The third-order valence-electron chi connectivity index (χ3n) is 3.06. The molecule has 1 aromatic carbocycles. The minimum Gasteiger partial charge on any atom is -0.324 e. The van der Waals surface area contributed by atoms with Crippen LogP contribution in [0.5, 0.6) is 0 Å². The molecule has 1 unspecified atom stereocenters. The van der Waals surface area contributed by atoms with Gasteiger partial charge in [-0.2, -0.15) is 0 Å². The lowest BCUT2D eigenvalue weighted by molar-refractivity contribution is -0.118. The van der Waals surface area contributed by atoms with E-state index in [1.165, 1.54) is 6.42 Å². The molecule has 0 aromatic heterocycles. The second-order valence-electron chi connectivity index (χ2n) is 4.47. The molecule has 1 aliphatic heterocycles. The molecule has 3 nitrogen and oxygen atoms in total. The van der Waals surface area contributed by atoms with Gasteiger partial charge in [-0.25, -0.2) is 0 Å². The predicted octanol–water partition coefficient (Wildman–Crippen LogP) is 3.57. The lowest BCUT2D eigenvalue weighted by atomic mass is 10.1. The van der Waals surface area contributed by atoms with Crippen LogP contribution in [0.3, 0.4) is 0 Å². The van der Waals surface area contributed by atoms with Crippen LogP contribution in [0, 0.1) is 0 Å². The molecular formula is C13H16BrClN2O. The van der Waals surface area contributed by atoms with Crippen molar-refractivity contribution in [2.45, 2.75) is 31.7 Å². The van der Waals surface area contributed by atoms with E-state index in [1.54, 1.807) is 12.1 Å². The largest absolute Gasteiger partial charge is 0.324 e. The van der Waals surface area contributed by atoms with Crippen LogP contribution in [-0.2, 0) is 4.79 Å². The topological polar surface area (TPSA) is 41.1 Å². The Labute approximate surface area is 120 Å². The molecule has 1 fully saturated rings. The number of hydrogen-bond donors (Lipinski definition) is 2. The van der Waals surface area contributed by atoms with E-state index < -0.39 is 0 Å². The lowest BCUT2D eigenvalue weighted by Crippen LogP contribution is -2.39. The smallest absolute Gasteiger partial charge is 0.241 e. The van der Waals surface area contributed by atoms with Gasteiger partial charge in [0.15, 0.2) is 0 Å². The fourth-order valence-corrected chi connectivity index (χ4v) is 2.58. The molecule has 0 bridgehead atoms. The van der Waals surface area contributed by atoms with Gasteiger partial charge in [0.05, 0.1) is 11.7 Å². The van der Waals surface area contributed by atoms with E-state index in [-0.39, 0.29) is 11.9 Å². The highest BCUT2D eigenvalue weighted by Crippen LogP contribution is 2.26. The Hall–Kier alpha value is -0.580. The average Bonchev–Trinajstić information content (AvgIpc) is 2.62. The van der Waals surface area contributed by atoms with E-state index in [4.69, 9.17) is 11.6 Å². The summed E-state index contributed by atoms with van der Waals surface area (Å²) < 4.78 is 0.842. The first kappa shape index (κ1) is 13.8. The molecule has 1 saturated heterocycles. The van der Waals surface area contributed by atoms with Crippen LogP contribution in [0.1, 0.15) is 25.7 Å². The summed E-state index contributed by atoms with van der Waals surface area (Å²) in [7, 11) is 0. The average molecular weight is 332 g/mol. The minimum atomic E-state index is -0.0987.